The van der Waals surface area contributed by atoms with Crippen molar-refractivity contribution in [2.24, 2.45) is 0 Å². The van der Waals surface area contributed by atoms with E-state index in [1.165, 1.54) is 7.11 Å². The highest BCUT2D eigenvalue weighted by Gasteiger charge is 2.31. The number of carbonyl (C=O) groups is 2. The van der Waals surface area contributed by atoms with Gasteiger partial charge in [-0.1, -0.05) is 30.7 Å². The van der Waals surface area contributed by atoms with Crippen LogP contribution in [0, 0.1) is 0 Å². The molecule has 0 aliphatic carbocycles. The minimum atomic E-state index is -0.690. The Morgan fingerprint density at radius 2 is 2.07 bits per heavy atom. The summed E-state index contributed by atoms with van der Waals surface area (Å²) in [6.07, 6.45) is 0.146. The fraction of sp³-hybridized carbons (Fsp3) is 0.333. The number of nitrogens with zero attached hydrogens (tertiary/aromatic N) is 1. The predicted octanol–water partition coefficient (Wildman–Crippen LogP) is 3.08. The topological polar surface area (TPSA) is 79.9 Å². The number of nitrogens with one attached hydrogen (secondary N) is 2. The number of methoxy groups -OCH3 is 1. The van der Waals surface area contributed by atoms with Crippen LogP contribution in [0.1, 0.15) is 13.3 Å². The highest BCUT2D eigenvalue weighted by molar-refractivity contribution is 6.31. The summed E-state index contributed by atoms with van der Waals surface area (Å²) in [6.45, 7) is 2.88. The van der Waals surface area contributed by atoms with Crippen molar-refractivity contribution in [2.75, 3.05) is 37.0 Å². The minimum Gasteiger partial charge on any atom is -0.495 e. The molecule has 1 aliphatic rings. The first kappa shape index (κ1) is 20.8. The van der Waals surface area contributed by atoms with Gasteiger partial charge in [-0.25, -0.2) is 0 Å². The zero-order valence-electron chi connectivity index (χ0n) is 16.4. The van der Waals surface area contributed by atoms with Crippen molar-refractivity contribution in [2.45, 2.75) is 19.4 Å². The number of rotatable bonds is 7. The molecule has 0 fully saturated rings. The van der Waals surface area contributed by atoms with Gasteiger partial charge < -0.3 is 25.0 Å². The SMILES string of the molecule is CCCNC(=O)[C@@H]1CN(CC(=O)Nc2cc(Cl)ccc2OC)c2ccccc2O1. The number of hydrogen-bond acceptors (Lipinski definition) is 5. The smallest absolute Gasteiger partial charge is 0.262 e. The molecule has 1 atom stereocenters. The molecular weight excluding hydrogens is 394 g/mol. The highest BCUT2D eigenvalue weighted by atomic mass is 35.5. The molecule has 1 heterocycles. The van der Waals surface area contributed by atoms with Crippen LogP contribution in [-0.2, 0) is 9.59 Å². The number of hydrogen-bond donors (Lipinski definition) is 2. The summed E-state index contributed by atoms with van der Waals surface area (Å²) in [7, 11) is 1.52. The van der Waals surface area contributed by atoms with E-state index in [0.29, 0.717) is 28.8 Å². The van der Waals surface area contributed by atoms with Crippen LogP contribution in [0.5, 0.6) is 11.5 Å². The molecule has 0 saturated heterocycles. The van der Waals surface area contributed by atoms with Crippen LogP contribution in [-0.4, -0.2) is 44.7 Å². The quantitative estimate of drug-likeness (QED) is 0.723. The summed E-state index contributed by atoms with van der Waals surface area (Å²) >= 11 is 6.03. The summed E-state index contributed by atoms with van der Waals surface area (Å²) in [4.78, 5) is 27.0. The lowest BCUT2D eigenvalue weighted by molar-refractivity contribution is -0.128. The Morgan fingerprint density at radius 3 is 2.83 bits per heavy atom. The monoisotopic (exact) mass is 417 g/mol. The lowest BCUT2D eigenvalue weighted by atomic mass is 10.1. The van der Waals surface area contributed by atoms with Crippen molar-refractivity contribution in [3.63, 3.8) is 0 Å². The molecule has 8 heteroatoms. The van der Waals surface area contributed by atoms with Gasteiger partial charge >= 0.3 is 0 Å². The highest BCUT2D eigenvalue weighted by Crippen LogP contribution is 2.33. The lowest BCUT2D eigenvalue weighted by Crippen LogP contribution is -2.50. The van der Waals surface area contributed by atoms with Gasteiger partial charge in [0.05, 0.1) is 31.6 Å². The Balaban J connectivity index is 1.75. The van der Waals surface area contributed by atoms with Crippen molar-refractivity contribution in [3.8, 4) is 11.5 Å². The molecule has 3 rings (SSSR count). The van der Waals surface area contributed by atoms with E-state index >= 15 is 0 Å². The van der Waals surface area contributed by atoms with Gasteiger partial charge in [0.25, 0.3) is 5.91 Å². The van der Waals surface area contributed by atoms with Gasteiger partial charge in [0.2, 0.25) is 5.91 Å². The summed E-state index contributed by atoms with van der Waals surface area (Å²) < 4.78 is 11.1. The first-order valence-corrected chi connectivity index (χ1v) is 9.81. The van der Waals surface area contributed by atoms with E-state index in [0.717, 1.165) is 12.1 Å². The van der Waals surface area contributed by atoms with Crippen LogP contribution in [0.15, 0.2) is 42.5 Å². The van der Waals surface area contributed by atoms with Crippen LogP contribution >= 0.6 is 11.6 Å². The standard InChI is InChI=1S/C21H24ClN3O4/c1-3-10-23-21(27)19-12-25(16-6-4-5-7-18(16)29-19)13-20(26)24-15-11-14(22)8-9-17(15)28-2/h4-9,11,19H,3,10,12-13H2,1-2H3,(H,23,27)(H,24,26)/t19-/m0/s1. The van der Waals surface area contributed by atoms with E-state index in [1.807, 2.05) is 30.0 Å². The zero-order valence-corrected chi connectivity index (χ0v) is 17.2. The predicted molar refractivity (Wildman–Crippen MR) is 113 cm³/mol. The van der Waals surface area contributed by atoms with Crippen LogP contribution in [0.2, 0.25) is 5.02 Å². The lowest BCUT2D eigenvalue weighted by Gasteiger charge is -2.35. The van der Waals surface area contributed by atoms with E-state index in [2.05, 4.69) is 10.6 Å². The van der Waals surface area contributed by atoms with E-state index in [9.17, 15) is 9.59 Å². The third-order valence-electron chi connectivity index (χ3n) is 4.47. The van der Waals surface area contributed by atoms with Crippen LogP contribution < -0.4 is 25.0 Å². The molecule has 0 radical (unpaired) electrons. The van der Waals surface area contributed by atoms with Crippen molar-refractivity contribution >= 4 is 34.8 Å². The summed E-state index contributed by atoms with van der Waals surface area (Å²) in [5, 5.41) is 6.16. The molecule has 0 bridgehead atoms. The molecule has 7 nitrogen and oxygen atoms in total. The summed E-state index contributed by atoms with van der Waals surface area (Å²) in [5.74, 6) is 0.642. The molecule has 2 amide bonds. The van der Waals surface area contributed by atoms with Gasteiger partial charge in [-0.3, -0.25) is 9.59 Å². The molecule has 154 valence electrons. The van der Waals surface area contributed by atoms with Crippen molar-refractivity contribution in [1.29, 1.82) is 0 Å². The Labute approximate surface area is 174 Å². The largest absolute Gasteiger partial charge is 0.495 e. The second-order valence-electron chi connectivity index (χ2n) is 6.64. The number of ether oxygens (including phenoxy) is 2. The molecule has 29 heavy (non-hydrogen) atoms. The van der Waals surface area contributed by atoms with Crippen molar-refractivity contribution in [1.82, 2.24) is 5.32 Å². The molecular formula is C21H24ClN3O4. The number of amides is 2. The average Bonchev–Trinajstić information content (AvgIpc) is 2.72. The molecule has 2 aromatic carbocycles. The van der Waals surface area contributed by atoms with Gasteiger partial charge in [-0.15, -0.1) is 0 Å². The number of anilines is 2. The first-order chi connectivity index (χ1) is 14.0. The summed E-state index contributed by atoms with van der Waals surface area (Å²) in [5.41, 5.74) is 1.25. The van der Waals surface area contributed by atoms with Gasteiger partial charge in [0.15, 0.2) is 6.10 Å². The third-order valence-corrected chi connectivity index (χ3v) is 4.71. The second kappa shape index (κ2) is 9.52. The fourth-order valence-corrected chi connectivity index (χ4v) is 3.27. The maximum atomic E-state index is 12.7. The van der Waals surface area contributed by atoms with Gasteiger partial charge in [0, 0.05) is 11.6 Å². The minimum absolute atomic E-state index is 0.0492. The summed E-state index contributed by atoms with van der Waals surface area (Å²) in [6, 6.07) is 12.4. The Bertz CT molecular complexity index is 890. The third kappa shape index (κ3) is 5.12. The number of para-hydroxylation sites is 2. The Hall–Kier alpha value is -2.93. The molecule has 2 N–H and O–H groups in total. The Kier molecular flexibility index (Phi) is 6.82. The number of halogens is 1. The second-order valence-corrected chi connectivity index (χ2v) is 7.07. The van der Waals surface area contributed by atoms with Gasteiger partial charge in [-0.2, -0.15) is 0 Å². The van der Waals surface area contributed by atoms with E-state index in [4.69, 9.17) is 21.1 Å². The number of carbonyl (C=O) groups excluding carboxylic acids is 2. The molecule has 0 aromatic heterocycles. The maximum absolute atomic E-state index is 12.7. The first-order valence-electron chi connectivity index (χ1n) is 9.43. The number of fused-ring (bicyclic) bond motifs is 1. The maximum Gasteiger partial charge on any atom is 0.262 e. The molecule has 2 aromatic rings. The molecule has 1 aliphatic heterocycles. The fourth-order valence-electron chi connectivity index (χ4n) is 3.10. The van der Waals surface area contributed by atoms with E-state index < -0.39 is 6.10 Å². The Morgan fingerprint density at radius 1 is 1.28 bits per heavy atom. The molecule has 0 spiro atoms. The van der Waals surface area contributed by atoms with Crippen molar-refractivity contribution in [3.05, 3.63) is 47.5 Å². The van der Waals surface area contributed by atoms with Gasteiger partial charge in [-0.05, 0) is 36.8 Å². The van der Waals surface area contributed by atoms with Crippen LogP contribution in [0.4, 0.5) is 11.4 Å². The van der Waals surface area contributed by atoms with Crippen LogP contribution in [0.3, 0.4) is 0 Å². The average molecular weight is 418 g/mol. The number of benzene rings is 2. The molecule has 0 saturated carbocycles. The van der Waals surface area contributed by atoms with Crippen molar-refractivity contribution < 1.29 is 19.1 Å². The van der Waals surface area contributed by atoms with E-state index in [1.54, 1.807) is 24.3 Å². The normalized spacial score (nSPS) is 15.1. The zero-order chi connectivity index (χ0) is 20.8. The van der Waals surface area contributed by atoms with Crippen LogP contribution in [0.25, 0.3) is 0 Å². The van der Waals surface area contributed by atoms with Gasteiger partial charge in [0.1, 0.15) is 11.5 Å². The van der Waals surface area contributed by atoms with E-state index in [-0.39, 0.29) is 24.9 Å². The molecule has 0 unspecified atom stereocenters.